The van der Waals surface area contributed by atoms with Crippen molar-refractivity contribution in [3.63, 3.8) is 0 Å². The number of hydrogen-bond donors (Lipinski definition) is 0. The van der Waals surface area contributed by atoms with Gasteiger partial charge in [0.15, 0.2) is 11.3 Å². The molecule has 0 amide bonds. The van der Waals surface area contributed by atoms with Crippen LogP contribution >= 0.6 is 0 Å². The summed E-state index contributed by atoms with van der Waals surface area (Å²) in [6, 6.07) is 10.5. The molecule has 1 aromatic rings. The first-order chi connectivity index (χ1) is 7.76. The minimum Gasteiger partial charge on any atom is -0.497 e. The summed E-state index contributed by atoms with van der Waals surface area (Å²) in [5, 5.41) is 17.5. The fourth-order valence-electron chi connectivity index (χ4n) is 1.23. The van der Waals surface area contributed by atoms with Crippen molar-refractivity contribution in [3.8, 4) is 17.9 Å². The van der Waals surface area contributed by atoms with E-state index in [1.54, 1.807) is 43.5 Å². The van der Waals surface area contributed by atoms with Gasteiger partial charge in [0.05, 0.1) is 14.2 Å². The Kier molecular flexibility index (Phi) is 3.94. The third-order valence-corrected chi connectivity index (χ3v) is 2.01. The van der Waals surface area contributed by atoms with E-state index in [0.29, 0.717) is 11.3 Å². The van der Waals surface area contributed by atoms with Crippen molar-refractivity contribution in [1.82, 2.24) is 0 Å². The van der Waals surface area contributed by atoms with Crippen molar-refractivity contribution < 1.29 is 9.47 Å². The highest BCUT2D eigenvalue weighted by molar-refractivity contribution is 5.70. The molecule has 0 heterocycles. The summed E-state index contributed by atoms with van der Waals surface area (Å²) in [7, 11) is 2.99. The Balaban J connectivity index is 3.21. The Labute approximate surface area is 93.9 Å². The van der Waals surface area contributed by atoms with Crippen molar-refractivity contribution in [2.45, 2.75) is 0 Å². The Morgan fingerprint density at radius 1 is 1.06 bits per heavy atom. The van der Waals surface area contributed by atoms with E-state index in [1.807, 2.05) is 0 Å². The second-order valence-corrected chi connectivity index (χ2v) is 2.86. The number of benzene rings is 1. The lowest BCUT2D eigenvalue weighted by Crippen LogP contribution is -1.92. The van der Waals surface area contributed by atoms with E-state index in [4.69, 9.17) is 20.0 Å². The van der Waals surface area contributed by atoms with Crippen molar-refractivity contribution >= 4 is 5.76 Å². The molecular formula is C12H10N2O2. The van der Waals surface area contributed by atoms with Crippen LogP contribution < -0.4 is 4.74 Å². The molecule has 4 heteroatoms. The standard InChI is InChI=1S/C12H10N2O2/c1-15-11-5-3-9(4-6-11)12(16-2)10(7-13)8-14/h3-6H,1-2H3. The predicted octanol–water partition coefficient (Wildman–Crippen LogP) is 2.10. The van der Waals surface area contributed by atoms with Crippen LogP contribution in [0.2, 0.25) is 0 Å². The van der Waals surface area contributed by atoms with E-state index in [0.717, 1.165) is 0 Å². The maximum atomic E-state index is 8.75. The predicted molar refractivity (Wildman–Crippen MR) is 58.1 cm³/mol. The van der Waals surface area contributed by atoms with Gasteiger partial charge in [-0.15, -0.1) is 0 Å². The van der Waals surface area contributed by atoms with Crippen molar-refractivity contribution in [2.75, 3.05) is 14.2 Å². The Morgan fingerprint density at radius 3 is 2.00 bits per heavy atom. The van der Waals surface area contributed by atoms with Crippen molar-refractivity contribution in [1.29, 1.82) is 10.5 Å². The minimum absolute atomic E-state index is 0.0485. The lowest BCUT2D eigenvalue weighted by Gasteiger charge is -2.06. The van der Waals surface area contributed by atoms with Crippen LogP contribution in [0.25, 0.3) is 5.76 Å². The quantitative estimate of drug-likeness (QED) is 0.570. The maximum Gasteiger partial charge on any atom is 0.172 e. The number of hydrogen-bond acceptors (Lipinski definition) is 4. The van der Waals surface area contributed by atoms with Crippen molar-refractivity contribution in [2.24, 2.45) is 0 Å². The summed E-state index contributed by atoms with van der Waals surface area (Å²) in [6.45, 7) is 0. The molecule has 0 unspecified atom stereocenters. The second-order valence-electron chi connectivity index (χ2n) is 2.86. The van der Waals surface area contributed by atoms with Gasteiger partial charge in [-0.2, -0.15) is 10.5 Å². The molecular weight excluding hydrogens is 204 g/mol. The molecule has 0 atom stereocenters. The first-order valence-corrected chi connectivity index (χ1v) is 4.49. The third-order valence-electron chi connectivity index (χ3n) is 2.01. The smallest absolute Gasteiger partial charge is 0.172 e. The number of methoxy groups -OCH3 is 2. The molecule has 0 fully saturated rings. The molecule has 4 nitrogen and oxygen atoms in total. The molecule has 1 rings (SSSR count). The molecule has 0 N–H and O–H groups in total. The SMILES string of the molecule is COC(=C(C#N)C#N)c1ccc(OC)cc1. The first-order valence-electron chi connectivity index (χ1n) is 4.49. The van der Waals surface area contributed by atoms with E-state index in [9.17, 15) is 0 Å². The highest BCUT2D eigenvalue weighted by Crippen LogP contribution is 2.21. The van der Waals surface area contributed by atoms with Gasteiger partial charge < -0.3 is 9.47 Å². The zero-order chi connectivity index (χ0) is 12.0. The molecule has 0 radical (unpaired) electrons. The lowest BCUT2D eigenvalue weighted by atomic mass is 10.1. The Hall–Kier alpha value is -2.46. The maximum absolute atomic E-state index is 8.75. The van der Waals surface area contributed by atoms with Crippen LogP contribution in [-0.2, 0) is 4.74 Å². The van der Waals surface area contributed by atoms with Crippen LogP contribution in [0.3, 0.4) is 0 Å². The summed E-state index contributed by atoms with van der Waals surface area (Å²) in [5.74, 6) is 0.974. The molecule has 0 aliphatic heterocycles. The van der Waals surface area contributed by atoms with E-state index in [-0.39, 0.29) is 11.3 Å². The summed E-state index contributed by atoms with van der Waals surface area (Å²) in [5.41, 5.74) is 0.620. The van der Waals surface area contributed by atoms with Crippen LogP contribution in [0, 0.1) is 22.7 Å². The van der Waals surface area contributed by atoms with Gasteiger partial charge in [-0.3, -0.25) is 0 Å². The highest BCUT2D eigenvalue weighted by atomic mass is 16.5. The highest BCUT2D eigenvalue weighted by Gasteiger charge is 2.09. The average molecular weight is 214 g/mol. The second kappa shape index (κ2) is 5.43. The third kappa shape index (κ3) is 2.31. The summed E-state index contributed by atoms with van der Waals surface area (Å²) in [6.07, 6.45) is 0. The number of ether oxygens (including phenoxy) is 2. The molecule has 1 aromatic carbocycles. The van der Waals surface area contributed by atoms with Gasteiger partial charge in [0, 0.05) is 5.56 Å². The van der Waals surface area contributed by atoms with Crippen LogP contribution in [0.4, 0.5) is 0 Å². The summed E-state index contributed by atoms with van der Waals surface area (Å²) in [4.78, 5) is 0. The minimum atomic E-state index is -0.0485. The number of rotatable bonds is 3. The van der Waals surface area contributed by atoms with Crippen molar-refractivity contribution in [3.05, 3.63) is 35.4 Å². The molecule has 0 aromatic heterocycles. The molecule has 0 saturated carbocycles. The molecule has 0 saturated heterocycles. The molecule has 16 heavy (non-hydrogen) atoms. The van der Waals surface area contributed by atoms with Crippen LogP contribution in [-0.4, -0.2) is 14.2 Å². The zero-order valence-corrected chi connectivity index (χ0v) is 9.02. The number of nitrogens with zero attached hydrogens (tertiary/aromatic N) is 2. The topological polar surface area (TPSA) is 66.0 Å². The number of nitriles is 2. The van der Waals surface area contributed by atoms with Gasteiger partial charge in [0.25, 0.3) is 0 Å². The Morgan fingerprint density at radius 2 is 1.62 bits per heavy atom. The van der Waals surface area contributed by atoms with Gasteiger partial charge in [-0.05, 0) is 24.3 Å². The van der Waals surface area contributed by atoms with Gasteiger partial charge in [-0.25, -0.2) is 0 Å². The molecule has 0 aliphatic rings. The fourth-order valence-corrected chi connectivity index (χ4v) is 1.23. The summed E-state index contributed by atoms with van der Waals surface area (Å²) < 4.78 is 10.1. The molecule has 80 valence electrons. The van der Waals surface area contributed by atoms with Gasteiger partial charge in [-0.1, -0.05) is 0 Å². The summed E-state index contributed by atoms with van der Waals surface area (Å²) >= 11 is 0. The van der Waals surface area contributed by atoms with Gasteiger partial charge in [0.2, 0.25) is 0 Å². The molecule has 0 spiro atoms. The van der Waals surface area contributed by atoms with E-state index < -0.39 is 0 Å². The van der Waals surface area contributed by atoms with Crippen LogP contribution in [0.1, 0.15) is 5.56 Å². The van der Waals surface area contributed by atoms with Crippen LogP contribution in [0.5, 0.6) is 5.75 Å². The van der Waals surface area contributed by atoms with Gasteiger partial charge in [0.1, 0.15) is 17.9 Å². The van der Waals surface area contributed by atoms with Gasteiger partial charge >= 0.3 is 0 Å². The zero-order valence-electron chi connectivity index (χ0n) is 9.02. The normalized spacial score (nSPS) is 8.50. The monoisotopic (exact) mass is 214 g/mol. The largest absolute Gasteiger partial charge is 0.497 e. The average Bonchev–Trinajstić information content (AvgIpc) is 2.36. The van der Waals surface area contributed by atoms with E-state index >= 15 is 0 Å². The van der Waals surface area contributed by atoms with Crippen LogP contribution in [0.15, 0.2) is 29.8 Å². The first kappa shape index (κ1) is 11.6. The molecule has 0 aliphatic carbocycles. The van der Waals surface area contributed by atoms with E-state index in [2.05, 4.69) is 0 Å². The lowest BCUT2D eigenvalue weighted by molar-refractivity contribution is 0.368. The Bertz CT molecular complexity index is 459. The molecule has 0 bridgehead atoms. The van der Waals surface area contributed by atoms with E-state index in [1.165, 1.54) is 7.11 Å². The fraction of sp³-hybridized carbons (Fsp3) is 0.167. The number of allylic oxidation sites excluding steroid dienone is 1.